The first-order valence-electron chi connectivity index (χ1n) is 4.28. The second-order valence-corrected chi connectivity index (χ2v) is 3.40. The van der Waals surface area contributed by atoms with E-state index in [1.54, 1.807) is 18.2 Å². The van der Waals surface area contributed by atoms with Gasteiger partial charge in [-0.25, -0.2) is 0 Å². The van der Waals surface area contributed by atoms with Crippen LogP contribution in [0.25, 0.3) is 0 Å². The third-order valence-electron chi connectivity index (χ3n) is 1.61. The fourth-order valence-electron chi connectivity index (χ4n) is 0.958. The van der Waals surface area contributed by atoms with E-state index in [-0.39, 0.29) is 6.42 Å². The number of amides is 1. The molecule has 1 aromatic rings. The number of aliphatic imine (C=N–C) groups is 1. The second-order valence-electron chi connectivity index (χ2n) is 2.81. The molecule has 1 aromatic carbocycles. The Kier molecular flexibility index (Phi) is 4.68. The molecule has 5 heteroatoms. The molecule has 0 aliphatic carbocycles. The fourth-order valence-corrected chi connectivity index (χ4v) is 1.28. The van der Waals surface area contributed by atoms with Gasteiger partial charge in [0, 0.05) is 5.56 Å². The van der Waals surface area contributed by atoms with Gasteiger partial charge in [0.25, 0.3) is 0 Å². The average Bonchev–Trinajstić information content (AvgIpc) is 2.21. The summed E-state index contributed by atoms with van der Waals surface area (Å²) >= 11 is 10.4. The van der Waals surface area contributed by atoms with E-state index >= 15 is 0 Å². The Hall–Kier alpha value is -1.66. The van der Waals surface area contributed by atoms with Gasteiger partial charge in [0.05, 0.1) is 22.3 Å². The van der Waals surface area contributed by atoms with Crippen LogP contribution in [-0.2, 0) is 4.79 Å². The molecule has 0 heterocycles. The number of benzene rings is 1. The van der Waals surface area contributed by atoms with Crippen LogP contribution in [0.5, 0.6) is 0 Å². The maximum absolute atomic E-state index is 10.5. The molecule has 0 fully saturated rings. The van der Waals surface area contributed by atoms with Gasteiger partial charge in [-0.15, -0.1) is 0 Å². The first-order valence-corrected chi connectivity index (χ1v) is 5.06. The topological polar surface area (TPSA) is 55.5 Å². The molecule has 0 bridgehead atoms. The Morgan fingerprint density at radius 1 is 1.56 bits per heavy atom. The maximum Gasteiger partial charge on any atom is 0.229 e. The molecule has 2 N–H and O–H groups in total. The maximum atomic E-state index is 10.5. The zero-order chi connectivity index (χ0) is 12.0. The highest BCUT2D eigenvalue weighted by Crippen LogP contribution is 2.24. The van der Waals surface area contributed by atoms with Crippen LogP contribution in [-0.4, -0.2) is 11.1 Å². The van der Waals surface area contributed by atoms with E-state index in [0.29, 0.717) is 16.3 Å². The van der Waals surface area contributed by atoms with Crippen LogP contribution in [0.3, 0.4) is 0 Å². The van der Waals surface area contributed by atoms with Crippen molar-refractivity contribution in [1.82, 2.24) is 0 Å². The summed E-state index contributed by atoms with van der Waals surface area (Å²) in [4.78, 5) is 14.2. The summed E-state index contributed by atoms with van der Waals surface area (Å²) in [6.07, 6.45) is 0.0253. The molecule has 0 saturated heterocycles. The number of nitrogens with zero attached hydrogens (tertiary/aromatic N) is 1. The van der Waals surface area contributed by atoms with Crippen LogP contribution < -0.4 is 5.73 Å². The summed E-state index contributed by atoms with van der Waals surface area (Å²) in [6.45, 7) is 0. The van der Waals surface area contributed by atoms with Crippen LogP contribution in [0.4, 0.5) is 5.69 Å². The number of rotatable bonds is 2. The van der Waals surface area contributed by atoms with E-state index in [1.165, 1.54) is 0 Å². The third-order valence-corrected chi connectivity index (χ3v) is 2.00. The minimum atomic E-state index is -0.458. The lowest BCUT2D eigenvalue weighted by atomic mass is 10.2. The predicted molar refractivity (Wildman–Crippen MR) is 66.8 cm³/mol. The van der Waals surface area contributed by atoms with E-state index in [9.17, 15) is 4.79 Å². The Bertz CT molecular complexity index is 525. The zero-order valence-electron chi connectivity index (χ0n) is 8.16. The van der Waals surface area contributed by atoms with Gasteiger partial charge in [-0.2, -0.15) is 4.99 Å². The minimum Gasteiger partial charge on any atom is -0.369 e. The lowest BCUT2D eigenvalue weighted by Crippen LogP contribution is -2.08. The highest BCUT2D eigenvalue weighted by atomic mass is 35.5. The summed E-state index contributed by atoms with van der Waals surface area (Å²) in [5, 5.41) is 2.66. The lowest BCUT2D eigenvalue weighted by Gasteiger charge is -1.96. The quantitative estimate of drug-likeness (QED) is 0.497. The van der Waals surface area contributed by atoms with Crippen LogP contribution in [0.2, 0.25) is 5.02 Å². The van der Waals surface area contributed by atoms with Crippen molar-refractivity contribution in [2.75, 3.05) is 0 Å². The number of thiocarbonyl (C=S) groups is 1. The molecule has 80 valence electrons. The van der Waals surface area contributed by atoms with Gasteiger partial charge in [-0.05, 0) is 30.4 Å². The average molecular weight is 251 g/mol. The third kappa shape index (κ3) is 3.84. The highest BCUT2D eigenvalue weighted by molar-refractivity contribution is 7.78. The van der Waals surface area contributed by atoms with E-state index in [1.807, 2.05) is 0 Å². The van der Waals surface area contributed by atoms with Crippen LogP contribution in [0.15, 0.2) is 23.2 Å². The van der Waals surface area contributed by atoms with Gasteiger partial charge in [0.15, 0.2) is 0 Å². The van der Waals surface area contributed by atoms with Crippen molar-refractivity contribution in [3.8, 4) is 11.8 Å². The Balaban J connectivity index is 2.91. The molecule has 0 atom stereocenters. The van der Waals surface area contributed by atoms with E-state index in [0.717, 1.165) is 0 Å². The standard InChI is InChI=1S/C11H7ClN2OS/c12-9-6-8(2-1-3-11(13)15)4-5-10(9)14-7-16/h4-6H,3H2,(H2,13,15). The van der Waals surface area contributed by atoms with Crippen molar-refractivity contribution >= 4 is 40.6 Å². The highest BCUT2D eigenvalue weighted by Gasteiger charge is 1.98. The number of halogens is 1. The predicted octanol–water partition coefficient (Wildman–Crippen LogP) is 2.30. The number of hydrogen-bond acceptors (Lipinski definition) is 3. The zero-order valence-corrected chi connectivity index (χ0v) is 9.73. The molecule has 0 aliphatic rings. The molecule has 0 aliphatic heterocycles. The van der Waals surface area contributed by atoms with Gasteiger partial charge >= 0.3 is 0 Å². The number of nitrogens with two attached hydrogens (primary N) is 1. The van der Waals surface area contributed by atoms with Crippen LogP contribution in [0.1, 0.15) is 12.0 Å². The molecule has 3 nitrogen and oxygen atoms in total. The molecule has 0 radical (unpaired) electrons. The number of carbonyl (C=O) groups is 1. The van der Waals surface area contributed by atoms with Crippen molar-refractivity contribution in [3.05, 3.63) is 28.8 Å². The molecule has 0 unspecified atom stereocenters. The van der Waals surface area contributed by atoms with Crippen molar-refractivity contribution in [3.63, 3.8) is 0 Å². The monoisotopic (exact) mass is 250 g/mol. The molecule has 1 rings (SSSR count). The molecular formula is C11H7ClN2OS. The molecular weight excluding hydrogens is 244 g/mol. The lowest BCUT2D eigenvalue weighted by molar-refractivity contribution is -0.117. The number of hydrogen-bond donors (Lipinski definition) is 1. The molecule has 0 spiro atoms. The number of carbonyl (C=O) groups excluding carboxylic acids is 1. The SMILES string of the molecule is NC(=O)CC#Cc1ccc(N=C=S)c(Cl)c1. The minimum absolute atomic E-state index is 0.0253. The first-order chi connectivity index (χ1) is 7.63. The summed E-state index contributed by atoms with van der Waals surface area (Å²) < 4.78 is 0. The first kappa shape index (κ1) is 12.4. The van der Waals surface area contributed by atoms with Crippen LogP contribution in [0, 0.1) is 11.8 Å². The summed E-state index contributed by atoms with van der Waals surface area (Å²) in [7, 11) is 0. The molecule has 16 heavy (non-hydrogen) atoms. The van der Waals surface area contributed by atoms with Crippen molar-refractivity contribution < 1.29 is 4.79 Å². The summed E-state index contributed by atoms with van der Waals surface area (Å²) in [6, 6.07) is 5.04. The molecule has 0 aromatic heterocycles. The fraction of sp³-hybridized carbons (Fsp3) is 0.0909. The number of isothiocyanates is 1. The van der Waals surface area contributed by atoms with E-state index in [2.05, 4.69) is 34.2 Å². The Morgan fingerprint density at radius 2 is 2.31 bits per heavy atom. The van der Waals surface area contributed by atoms with Gasteiger partial charge in [-0.3, -0.25) is 4.79 Å². The van der Waals surface area contributed by atoms with Gasteiger partial charge in [-0.1, -0.05) is 23.4 Å². The van der Waals surface area contributed by atoms with Gasteiger partial charge in [0.2, 0.25) is 5.91 Å². The van der Waals surface area contributed by atoms with Crippen molar-refractivity contribution in [2.24, 2.45) is 10.7 Å². The molecule has 1 amide bonds. The van der Waals surface area contributed by atoms with Crippen molar-refractivity contribution in [1.29, 1.82) is 0 Å². The van der Waals surface area contributed by atoms with Gasteiger partial charge in [0.1, 0.15) is 0 Å². The largest absolute Gasteiger partial charge is 0.369 e. The van der Waals surface area contributed by atoms with Crippen molar-refractivity contribution in [2.45, 2.75) is 6.42 Å². The molecule has 0 saturated carbocycles. The summed E-state index contributed by atoms with van der Waals surface area (Å²) in [5.74, 6) is 4.93. The van der Waals surface area contributed by atoms with Crippen LogP contribution >= 0.6 is 23.8 Å². The van der Waals surface area contributed by atoms with E-state index < -0.39 is 5.91 Å². The van der Waals surface area contributed by atoms with Gasteiger partial charge < -0.3 is 5.73 Å². The summed E-state index contributed by atoms with van der Waals surface area (Å²) in [5.41, 5.74) is 6.18. The normalized spacial score (nSPS) is 8.56. The second kappa shape index (κ2) is 6.04. The Labute approximate surface area is 103 Å². The van der Waals surface area contributed by atoms with E-state index in [4.69, 9.17) is 17.3 Å². The number of primary amides is 1. The Morgan fingerprint density at radius 3 is 2.88 bits per heavy atom. The smallest absolute Gasteiger partial charge is 0.229 e.